The third kappa shape index (κ3) is 5.20. The molecular formula is C13H19ClN2O. The van der Waals surface area contributed by atoms with Crippen LogP contribution in [0, 0.1) is 0 Å². The topological polar surface area (TPSA) is 41.1 Å². The molecule has 1 rings (SSSR count). The van der Waals surface area contributed by atoms with Crippen molar-refractivity contribution in [3.8, 4) is 0 Å². The number of nitrogens with one attached hydrogen (secondary N) is 2. The van der Waals surface area contributed by atoms with Crippen molar-refractivity contribution >= 4 is 17.5 Å². The van der Waals surface area contributed by atoms with E-state index in [0.29, 0.717) is 6.42 Å². The van der Waals surface area contributed by atoms with Crippen LogP contribution < -0.4 is 10.6 Å². The van der Waals surface area contributed by atoms with E-state index in [0.717, 1.165) is 18.0 Å². The first kappa shape index (κ1) is 14.0. The maximum absolute atomic E-state index is 11.0. The Morgan fingerprint density at radius 1 is 1.35 bits per heavy atom. The molecule has 0 aliphatic heterocycles. The van der Waals surface area contributed by atoms with Gasteiger partial charge in [0.2, 0.25) is 5.91 Å². The fraction of sp³-hybridized carbons (Fsp3) is 0.462. The number of halogens is 1. The van der Waals surface area contributed by atoms with Gasteiger partial charge >= 0.3 is 0 Å². The van der Waals surface area contributed by atoms with Gasteiger partial charge in [-0.25, -0.2) is 0 Å². The molecule has 1 amide bonds. The summed E-state index contributed by atoms with van der Waals surface area (Å²) in [6.07, 6.45) is 1.41. The van der Waals surface area contributed by atoms with Crippen molar-refractivity contribution in [3.63, 3.8) is 0 Å². The van der Waals surface area contributed by atoms with Gasteiger partial charge in [0.15, 0.2) is 0 Å². The summed E-state index contributed by atoms with van der Waals surface area (Å²) in [4.78, 5) is 11.0. The van der Waals surface area contributed by atoms with Gasteiger partial charge in [0, 0.05) is 24.5 Å². The standard InChI is InChI=1S/C13H19ClN2O/c1-10(11-5-7-12(14)8-6-11)16-9-3-4-13(17)15-2/h5-8,10,16H,3-4,9H2,1-2H3,(H,15,17)/t10-/m1/s1. The van der Waals surface area contributed by atoms with Crippen molar-refractivity contribution in [1.29, 1.82) is 0 Å². The molecule has 1 atom stereocenters. The number of hydrogen-bond donors (Lipinski definition) is 2. The van der Waals surface area contributed by atoms with E-state index < -0.39 is 0 Å². The maximum atomic E-state index is 11.0. The quantitative estimate of drug-likeness (QED) is 0.766. The van der Waals surface area contributed by atoms with Crippen molar-refractivity contribution in [2.24, 2.45) is 0 Å². The van der Waals surface area contributed by atoms with Crippen LogP contribution in [0.2, 0.25) is 5.02 Å². The molecule has 0 bridgehead atoms. The summed E-state index contributed by atoms with van der Waals surface area (Å²) in [5.41, 5.74) is 1.20. The number of carbonyl (C=O) groups excluding carboxylic acids is 1. The fourth-order valence-corrected chi connectivity index (χ4v) is 1.69. The van der Waals surface area contributed by atoms with E-state index >= 15 is 0 Å². The van der Waals surface area contributed by atoms with Crippen molar-refractivity contribution in [1.82, 2.24) is 10.6 Å². The Balaban J connectivity index is 2.27. The van der Waals surface area contributed by atoms with E-state index in [1.807, 2.05) is 24.3 Å². The summed E-state index contributed by atoms with van der Waals surface area (Å²) in [7, 11) is 1.66. The minimum Gasteiger partial charge on any atom is -0.359 e. The normalized spacial score (nSPS) is 12.2. The molecule has 1 aromatic carbocycles. The molecule has 1 aromatic rings. The third-order valence-corrected chi connectivity index (χ3v) is 2.93. The van der Waals surface area contributed by atoms with Gasteiger partial charge in [0.1, 0.15) is 0 Å². The highest BCUT2D eigenvalue weighted by Gasteiger charge is 2.04. The molecule has 0 fully saturated rings. The van der Waals surface area contributed by atoms with E-state index in [1.54, 1.807) is 7.05 Å². The zero-order valence-corrected chi connectivity index (χ0v) is 11.1. The lowest BCUT2D eigenvalue weighted by atomic mass is 10.1. The molecule has 0 unspecified atom stereocenters. The Bertz CT molecular complexity index is 351. The lowest BCUT2D eigenvalue weighted by Crippen LogP contribution is -2.23. The average molecular weight is 255 g/mol. The van der Waals surface area contributed by atoms with E-state index in [1.165, 1.54) is 5.56 Å². The summed E-state index contributed by atoms with van der Waals surface area (Å²) in [6.45, 7) is 2.93. The minimum absolute atomic E-state index is 0.0888. The molecule has 0 aromatic heterocycles. The molecule has 0 radical (unpaired) electrons. The molecule has 2 N–H and O–H groups in total. The van der Waals surface area contributed by atoms with Crippen molar-refractivity contribution < 1.29 is 4.79 Å². The Morgan fingerprint density at radius 2 is 2.00 bits per heavy atom. The van der Waals surface area contributed by atoms with Gasteiger partial charge in [-0.2, -0.15) is 0 Å². The zero-order chi connectivity index (χ0) is 12.7. The summed E-state index contributed by atoms with van der Waals surface area (Å²) in [5.74, 6) is 0.0888. The van der Waals surface area contributed by atoms with Gasteiger partial charge in [-0.1, -0.05) is 23.7 Å². The van der Waals surface area contributed by atoms with Crippen LogP contribution in [0.5, 0.6) is 0 Å². The molecule has 4 heteroatoms. The molecule has 0 saturated heterocycles. The van der Waals surface area contributed by atoms with Crippen molar-refractivity contribution in [3.05, 3.63) is 34.9 Å². The van der Waals surface area contributed by atoms with Gasteiger partial charge < -0.3 is 10.6 Å². The third-order valence-electron chi connectivity index (χ3n) is 2.68. The van der Waals surface area contributed by atoms with Gasteiger partial charge in [0.05, 0.1) is 0 Å². The molecule has 17 heavy (non-hydrogen) atoms. The first-order chi connectivity index (χ1) is 8.13. The fourth-order valence-electron chi connectivity index (χ4n) is 1.56. The first-order valence-electron chi connectivity index (χ1n) is 5.83. The Hall–Kier alpha value is -1.06. The highest BCUT2D eigenvalue weighted by molar-refractivity contribution is 6.30. The van der Waals surface area contributed by atoms with Crippen LogP contribution in [-0.2, 0) is 4.79 Å². The Labute approximate surface area is 108 Å². The molecule has 0 spiro atoms. The molecule has 0 aliphatic carbocycles. The van der Waals surface area contributed by atoms with Crippen LogP contribution >= 0.6 is 11.6 Å². The summed E-state index contributed by atoms with van der Waals surface area (Å²) in [6, 6.07) is 8.08. The number of amides is 1. The van der Waals surface area contributed by atoms with E-state index in [9.17, 15) is 4.79 Å². The van der Waals surface area contributed by atoms with Crippen molar-refractivity contribution in [2.75, 3.05) is 13.6 Å². The Kier molecular flexibility index (Phi) is 6.01. The van der Waals surface area contributed by atoms with Crippen molar-refractivity contribution in [2.45, 2.75) is 25.8 Å². The molecule has 3 nitrogen and oxygen atoms in total. The predicted octanol–water partition coefficient (Wildman–Crippen LogP) is 2.52. The Morgan fingerprint density at radius 3 is 2.59 bits per heavy atom. The summed E-state index contributed by atoms with van der Waals surface area (Å²) in [5, 5.41) is 6.73. The summed E-state index contributed by atoms with van der Waals surface area (Å²) >= 11 is 5.83. The lowest BCUT2D eigenvalue weighted by Gasteiger charge is -2.14. The maximum Gasteiger partial charge on any atom is 0.219 e. The molecule has 0 saturated carbocycles. The number of carbonyl (C=O) groups is 1. The predicted molar refractivity (Wildman–Crippen MR) is 71.2 cm³/mol. The van der Waals surface area contributed by atoms with Crippen LogP contribution in [0.4, 0.5) is 0 Å². The average Bonchev–Trinajstić information content (AvgIpc) is 2.34. The summed E-state index contributed by atoms with van der Waals surface area (Å²) < 4.78 is 0. The second-order valence-electron chi connectivity index (χ2n) is 4.00. The number of hydrogen-bond acceptors (Lipinski definition) is 2. The van der Waals surface area contributed by atoms with Crippen LogP contribution in [0.25, 0.3) is 0 Å². The second kappa shape index (κ2) is 7.30. The largest absolute Gasteiger partial charge is 0.359 e. The van der Waals surface area contributed by atoms with Crippen LogP contribution in [-0.4, -0.2) is 19.5 Å². The van der Waals surface area contributed by atoms with Crippen LogP contribution in [0.1, 0.15) is 31.4 Å². The highest BCUT2D eigenvalue weighted by atomic mass is 35.5. The molecule has 0 aliphatic rings. The monoisotopic (exact) mass is 254 g/mol. The second-order valence-corrected chi connectivity index (χ2v) is 4.44. The lowest BCUT2D eigenvalue weighted by molar-refractivity contribution is -0.120. The zero-order valence-electron chi connectivity index (χ0n) is 10.3. The smallest absolute Gasteiger partial charge is 0.219 e. The SMILES string of the molecule is CNC(=O)CCCN[C@H](C)c1ccc(Cl)cc1. The van der Waals surface area contributed by atoms with Crippen LogP contribution in [0.3, 0.4) is 0 Å². The highest BCUT2D eigenvalue weighted by Crippen LogP contribution is 2.15. The van der Waals surface area contributed by atoms with Gasteiger partial charge in [-0.3, -0.25) is 4.79 Å². The van der Waals surface area contributed by atoms with Gasteiger partial charge in [-0.15, -0.1) is 0 Å². The van der Waals surface area contributed by atoms with Gasteiger partial charge in [-0.05, 0) is 37.6 Å². The molecular weight excluding hydrogens is 236 g/mol. The first-order valence-corrected chi connectivity index (χ1v) is 6.20. The van der Waals surface area contributed by atoms with E-state index in [2.05, 4.69) is 17.6 Å². The minimum atomic E-state index is 0.0888. The van der Waals surface area contributed by atoms with E-state index in [-0.39, 0.29) is 11.9 Å². The number of benzene rings is 1. The molecule has 94 valence electrons. The molecule has 0 heterocycles. The van der Waals surface area contributed by atoms with E-state index in [4.69, 9.17) is 11.6 Å². The van der Waals surface area contributed by atoms with Crippen LogP contribution in [0.15, 0.2) is 24.3 Å². The number of rotatable bonds is 6. The van der Waals surface area contributed by atoms with Gasteiger partial charge in [0.25, 0.3) is 0 Å².